The van der Waals surface area contributed by atoms with Crippen molar-refractivity contribution < 1.29 is 13.5 Å². The minimum atomic E-state index is -3.12. The topological polar surface area (TPSA) is 72.2 Å². The lowest BCUT2D eigenvalue weighted by Crippen LogP contribution is -2.34. The molecule has 0 radical (unpaired) electrons. The Balaban J connectivity index is 1.98. The molecule has 1 fully saturated rings. The number of fused-ring (bicyclic) bond motifs is 1. The Bertz CT molecular complexity index is 766. The molecular weight excluding hydrogens is 288 g/mol. The third kappa shape index (κ3) is 2.82. The van der Waals surface area contributed by atoms with Gasteiger partial charge >= 0.3 is 0 Å². The Kier molecular flexibility index (Phi) is 3.53. The van der Waals surface area contributed by atoms with Crippen LogP contribution in [0.4, 0.5) is 0 Å². The van der Waals surface area contributed by atoms with Crippen molar-refractivity contribution in [3.8, 4) is 0 Å². The normalized spacial score (nSPS) is 24.7. The maximum absolute atomic E-state index is 11.6. The van der Waals surface area contributed by atoms with Crippen molar-refractivity contribution in [2.75, 3.05) is 11.5 Å². The fraction of sp³-hybridized carbons (Fsp3) is 0.533. The largest absolute Gasteiger partial charge is 0.388 e. The van der Waals surface area contributed by atoms with Crippen molar-refractivity contribution in [2.24, 2.45) is 0 Å². The van der Waals surface area contributed by atoms with Crippen LogP contribution < -0.4 is 0 Å². The lowest BCUT2D eigenvalue weighted by molar-refractivity contribution is 0.0652. The Morgan fingerprint density at radius 1 is 1.38 bits per heavy atom. The van der Waals surface area contributed by atoms with Gasteiger partial charge in [0, 0.05) is 13.0 Å². The molecule has 114 valence electrons. The molecule has 5 nitrogen and oxygen atoms in total. The molecular formula is C15H20N2O3S. The summed E-state index contributed by atoms with van der Waals surface area (Å²) >= 11 is 0. The average molecular weight is 308 g/mol. The minimum Gasteiger partial charge on any atom is -0.388 e. The zero-order valence-corrected chi connectivity index (χ0v) is 12.9. The van der Waals surface area contributed by atoms with Gasteiger partial charge in [0.05, 0.1) is 28.1 Å². The number of para-hydroxylation sites is 2. The van der Waals surface area contributed by atoms with Gasteiger partial charge in [0.1, 0.15) is 5.82 Å². The summed E-state index contributed by atoms with van der Waals surface area (Å²) in [5.41, 5.74) is 0.760. The fourth-order valence-corrected chi connectivity index (χ4v) is 4.97. The van der Waals surface area contributed by atoms with Gasteiger partial charge in [-0.1, -0.05) is 19.1 Å². The molecule has 1 atom stereocenters. The fourth-order valence-electron chi connectivity index (χ4n) is 3.07. The van der Waals surface area contributed by atoms with E-state index in [2.05, 4.69) is 16.5 Å². The first-order valence-electron chi connectivity index (χ1n) is 7.29. The van der Waals surface area contributed by atoms with E-state index in [0.29, 0.717) is 12.8 Å². The van der Waals surface area contributed by atoms with Crippen LogP contribution in [-0.2, 0) is 22.8 Å². The first-order valence-corrected chi connectivity index (χ1v) is 9.11. The number of aliphatic hydroxyl groups is 1. The minimum absolute atomic E-state index is 0.0670. The third-order valence-corrected chi connectivity index (χ3v) is 5.84. The summed E-state index contributed by atoms with van der Waals surface area (Å²) < 4.78 is 25.4. The number of sulfone groups is 1. The van der Waals surface area contributed by atoms with Crippen molar-refractivity contribution in [2.45, 2.75) is 38.3 Å². The molecule has 1 aliphatic rings. The number of hydrogen-bond donors (Lipinski definition) is 1. The van der Waals surface area contributed by atoms with Gasteiger partial charge in [-0.05, 0) is 25.0 Å². The van der Waals surface area contributed by atoms with Crippen LogP contribution in [0.2, 0.25) is 0 Å². The SMILES string of the molecule is CCCn1c(CC2(O)CCS(=O)(=O)C2)nc2ccccc21. The molecule has 21 heavy (non-hydrogen) atoms. The standard InChI is InChI=1S/C15H20N2O3S/c1-2-8-17-13-6-4-3-5-12(13)16-14(17)10-15(18)7-9-21(19,20)11-15/h3-6,18H,2,7-11H2,1H3. The summed E-state index contributed by atoms with van der Waals surface area (Å²) in [4.78, 5) is 4.60. The van der Waals surface area contributed by atoms with E-state index in [1.165, 1.54) is 0 Å². The molecule has 6 heteroatoms. The van der Waals surface area contributed by atoms with Gasteiger partial charge in [0.25, 0.3) is 0 Å². The van der Waals surface area contributed by atoms with E-state index in [0.717, 1.165) is 29.8 Å². The number of nitrogens with zero attached hydrogens (tertiary/aromatic N) is 2. The van der Waals surface area contributed by atoms with Crippen molar-refractivity contribution in [1.82, 2.24) is 9.55 Å². The van der Waals surface area contributed by atoms with Crippen LogP contribution in [0.5, 0.6) is 0 Å². The van der Waals surface area contributed by atoms with Gasteiger partial charge in [-0.2, -0.15) is 0 Å². The Labute approximate surface area is 124 Å². The summed E-state index contributed by atoms with van der Waals surface area (Å²) in [5, 5.41) is 10.6. The van der Waals surface area contributed by atoms with Crippen LogP contribution in [0, 0.1) is 0 Å². The molecule has 0 spiro atoms. The summed E-state index contributed by atoms with van der Waals surface area (Å²) in [6.45, 7) is 2.91. The molecule has 0 aliphatic carbocycles. The predicted molar refractivity (Wildman–Crippen MR) is 81.9 cm³/mol. The lowest BCUT2D eigenvalue weighted by Gasteiger charge is -2.20. The van der Waals surface area contributed by atoms with Crippen molar-refractivity contribution in [1.29, 1.82) is 0 Å². The van der Waals surface area contributed by atoms with Crippen LogP contribution in [-0.4, -0.2) is 40.2 Å². The second kappa shape index (κ2) is 5.10. The van der Waals surface area contributed by atoms with Gasteiger partial charge in [-0.15, -0.1) is 0 Å². The maximum Gasteiger partial charge on any atom is 0.153 e. The highest BCUT2D eigenvalue weighted by molar-refractivity contribution is 7.91. The number of hydrogen-bond acceptors (Lipinski definition) is 4. The number of rotatable bonds is 4. The summed E-state index contributed by atoms with van der Waals surface area (Å²) in [5.74, 6) is 0.685. The second-order valence-corrected chi connectivity index (χ2v) is 8.10. The summed E-state index contributed by atoms with van der Waals surface area (Å²) in [7, 11) is -3.12. The molecule has 1 aliphatic heterocycles. The lowest BCUT2D eigenvalue weighted by atomic mass is 9.99. The highest BCUT2D eigenvalue weighted by Crippen LogP contribution is 2.28. The van der Waals surface area contributed by atoms with Gasteiger partial charge in [-0.3, -0.25) is 0 Å². The maximum atomic E-state index is 11.6. The van der Waals surface area contributed by atoms with E-state index in [1.807, 2.05) is 24.3 Å². The van der Waals surface area contributed by atoms with Crippen LogP contribution >= 0.6 is 0 Å². The van der Waals surface area contributed by atoms with Gasteiger partial charge in [0.2, 0.25) is 0 Å². The van der Waals surface area contributed by atoms with Gasteiger partial charge < -0.3 is 9.67 Å². The van der Waals surface area contributed by atoms with E-state index < -0.39 is 15.4 Å². The molecule has 3 rings (SSSR count). The Hall–Kier alpha value is -1.40. The zero-order valence-electron chi connectivity index (χ0n) is 12.1. The Morgan fingerprint density at radius 3 is 2.81 bits per heavy atom. The monoisotopic (exact) mass is 308 g/mol. The average Bonchev–Trinajstić information content (AvgIpc) is 2.88. The van der Waals surface area contributed by atoms with Crippen LogP contribution in [0.3, 0.4) is 0 Å². The van der Waals surface area contributed by atoms with Gasteiger partial charge in [-0.25, -0.2) is 13.4 Å². The van der Waals surface area contributed by atoms with Gasteiger partial charge in [0.15, 0.2) is 9.84 Å². The molecule has 1 unspecified atom stereocenters. The molecule has 1 saturated heterocycles. The van der Waals surface area contributed by atoms with E-state index in [1.54, 1.807) is 0 Å². The molecule has 1 N–H and O–H groups in total. The molecule has 2 heterocycles. The molecule has 2 aromatic rings. The first kappa shape index (κ1) is 14.5. The number of imidazole rings is 1. The molecule has 0 saturated carbocycles. The highest BCUT2D eigenvalue weighted by Gasteiger charge is 2.41. The highest BCUT2D eigenvalue weighted by atomic mass is 32.2. The molecule has 1 aromatic heterocycles. The third-order valence-electron chi connectivity index (χ3n) is 4.04. The number of benzene rings is 1. The Morgan fingerprint density at radius 2 is 2.14 bits per heavy atom. The van der Waals surface area contributed by atoms with Crippen molar-refractivity contribution in [3.05, 3.63) is 30.1 Å². The quantitative estimate of drug-likeness (QED) is 0.930. The molecule has 1 aromatic carbocycles. The predicted octanol–water partition coefficient (Wildman–Crippen LogP) is 1.54. The second-order valence-electron chi connectivity index (χ2n) is 5.91. The van der Waals surface area contributed by atoms with E-state index in [4.69, 9.17) is 0 Å². The van der Waals surface area contributed by atoms with Crippen molar-refractivity contribution in [3.63, 3.8) is 0 Å². The van der Waals surface area contributed by atoms with E-state index >= 15 is 0 Å². The van der Waals surface area contributed by atoms with Crippen LogP contribution in [0.1, 0.15) is 25.6 Å². The smallest absolute Gasteiger partial charge is 0.153 e. The van der Waals surface area contributed by atoms with Crippen LogP contribution in [0.25, 0.3) is 11.0 Å². The zero-order chi connectivity index (χ0) is 15.1. The number of aryl methyl sites for hydroxylation is 1. The molecule has 0 bridgehead atoms. The van der Waals surface area contributed by atoms with Crippen LogP contribution in [0.15, 0.2) is 24.3 Å². The summed E-state index contributed by atoms with van der Waals surface area (Å²) in [6.07, 6.45) is 1.55. The van der Waals surface area contributed by atoms with E-state index in [-0.39, 0.29) is 11.5 Å². The molecule has 0 amide bonds. The number of aromatic nitrogens is 2. The van der Waals surface area contributed by atoms with Crippen molar-refractivity contribution >= 4 is 20.9 Å². The first-order chi connectivity index (χ1) is 9.92. The summed E-state index contributed by atoms with van der Waals surface area (Å²) in [6, 6.07) is 7.86. The van der Waals surface area contributed by atoms with E-state index in [9.17, 15) is 13.5 Å².